The fourth-order valence-corrected chi connectivity index (χ4v) is 1.68. The number of nitrogens with zero attached hydrogens (tertiary/aromatic N) is 3. The molecule has 1 heterocycles. The molecule has 20 heavy (non-hydrogen) atoms. The van der Waals surface area contributed by atoms with Gasteiger partial charge in [0.05, 0.1) is 4.92 Å². The molecule has 1 aromatic heterocycles. The van der Waals surface area contributed by atoms with E-state index in [1.807, 2.05) is 0 Å². The highest BCUT2D eigenvalue weighted by atomic mass is 35.5. The Morgan fingerprint density at radius 3 is 2.65 bits per heavy atom. The number of rotatable bonds is 3. The molecule has 0 aliphatic rings. The van der Waals surface area contributed by atoms with Crippen molar-refractivity contribution in [1.82, 2.24) is 9.97 Å². The Kier molecular flexibility index (Phi) is 3.80. The summed E-state index contributed by atoms with van der Waals surface area (Å²) in [6, 6.07) is 3.23. The van der Waals surface area contributed by atoms with Crippen molar-refractivity contribution in [2.24, 2.45) is 0 Å². The van der Waals surface area contributed by atoms with Crippen LogP contribution in [-0.4, -0.2) is 14.9 Å². The van der Waals surface area contributed by atoms with Crippen molar-refractivity contribution in [3.63, 3.8) is 0 Å². The van der Waals surface area contributed by atoms with Crippen molar-refractivity contribution in [1.29, 1.82) is 0 Å². The van der Waals surface area contributed by atoms with E-state index in [2.05, 4.69) is 9.97 Å². The van der Waals surface area contributed by atoms with Gasteiger partial charge in [-0.25, -0.2) is 4.98 Å². The molecule has 2 aromatic rings. The molecule has 0 fully saturated rings. The Hall–Kier alpha value is -2.28. The number of hydrogen-bond acceptors (Lipinski definition) is 5. The first kappa shape index (κ1) is 14.1. The van der Waals surface area contributed by atoms with Crippen molar-refractivity contribution < 1.29 is 14.1 Å². The Balaban J connectivity index is 2.36. The van der Waals surface area contributed by atoms with Crippen LogP contribution in [0.4, 0.5) is 10.1 Å². The molecule has 0 aliphatic heterocycles. The van der Waals surface area contributed by atoms with Crippen LogP contribution in [0.3, 0.4) is 0 Å². The van der Waals surface area contributed by atoms with E-state index in [1.54, 1.807) is 13.8 Å². The third kappa shape index (κ3) is 2.83. The number of halogens is 2. The van der Waals surface area contributed by atoms with Gasteiger partial charge >= 0.3 is 5.69 Å². The van der Waals surface area contributed by atoms with Crippen LogP contribution >= 0.6 is 11.6 Å². The van der Waals surface area contributed by atoms with Crippen LogP contribution in [0.1, 0.15) is 11.4 Å². The minimum Gasteiger partial charge on any atom is -0.438 e. The van der Waals surface area contributed by atoms with E-state index in [4.69, 9.17) is 16.3 Å². The average Bonchev–Trinajstić information content (AvgIpc) is 2.35. The van der Waals surface area contributed by atoms with E-state index in [0.29, 0.717) is 11.4 Å². The molecular weight excluding hydrogens is 289 g/mol. The molecular formula is C12H9ClFN3O3. The monoisotopic (exact) mass is 297 g/mol. The smallest absolute Gasteiger partial charge is 0.305 e. The molecule has 104 valence electrons. The highest BCUT2D eigenvalue weighted by molar-refractivity contribution is 6.30. The van der Waals surface area contributed by atoms with E-state index in [1.165, 1.54) is 6.07 Å². The quantitative estimate of drug-likeness (QED) is 0.491. The average molecular weight is 298 g/mol. The van der Waals surface area contributed by atoms with Crippen molar-refractivity contribution >= 4 is 17.3 Å². The molecule has 0 radical (unpaired) electrons. The molecule has 0 saturated heterocycles. The van der Waals surface area contributed by atoms with Gasteiger partial charge in [0.25, 0.3) is 0 Å². The summed E-state index contributed by atoms with van der Waals surface area (Å²) in [5, 5.41) is 10.8. The van der Waals surface area contributed by atoms with Crippen molar-refractivity contribution in [2.45, 2.75) is 13.8 Å². The van der Waals surface area contributed by atoms with Gasteiger partial charge in [-0.1, -0.05) is 11.6 Å². The van der Waals surface area contributed by atoms with Gasteiger partial charge in [0.15, 0.2) is 0 Å². The summed E-state index contributed by atoms with van der Waals surface area (Å²) >= 11 is 5.89. The second-order valence-electron chi connectivity index (χ2n) is 3.96. The van der Waals surface area contributed by atoms with Gasteiger partial charge < -0.3 is 4.74 Å². The SMILES string of the molecule is Cc1nc(Cl)c(C)c(Oc2ccc([N+](=O)[O-])c(F)c2)n1. The molecule has 0 bridgehead atoms. The van der Waals surface area contributed by atoms with Gasteiger partial charge in [0, 0.05) is 17.7 Å². The Morgan fingerprint density at radius 1 is 1.35 bits per heavy atom. The third-order valence-corrected chi connectivity index (χ3v) is 2.85. The van der Waals surface area contributed by atoms with Gasteiger partial charge in [-0.2, -0.15) is 9.37 Å². The lowest BCUT2D eigenvalue weighted by Crippen LogP contribution is -1.98. The first-order valence-electron chi connectivity index (χ1n) is 5.51. The van der Waals surface area contributed by atoms with Crippen LogP contribution in [-0.2, 0) is 0 Å². The molecule has 0 amide bonds. The lowest BCUT2D eigenvalue weighted by Gasteiger charge is -2.09. The van der Waals surface area contributed by atoms with Crippen LogP contribution in [0.15, 0.2) is 18.2 Å². The minimum atomic E-state index is -0.984. The summed E-state index contributed by atoms with van der Waals surface area (Å²) in [7, 11) is 0. The summed E-state index contributed by atoms with van der Waals surface area (Å²) in [6.07, 6.45) is 0. The van der Waals surface area contributed by atoms with E-state index >= 15 is 0 Å². The Morgan fingerprint density at radius 2 is 2.05 bits per heavy atom. The maximum absolute atomic E-state index is 13.5. The summed E-state index contributed by atoms with van der Waals surface area (Å²) < 4.78 is 18.9. The highest BCUT2D eigenvalue weighted by Gasteiger charge is 2.16. The van der Waals surface area contributed by atoms with Crippen molar-refractivity contribution in [3.8, 4) is 11.6 Å². The van der Waals surface area contributed by atoms with Gasteiger partial charge in [0.2, 0.25) is 11.7 Å². The summed E-state index contributed by atoms with van der Waals surface area (Å²) in [6.45, 7) is 3.29. The predicted octanol–water partition coefficient (Wildman–Crippen LogP) is 3.59. The number of aryl methyl sites for hydroxylation is 1. The van der Waals surface area contributed by atoms with E-state index < -0.39 is 16.4 Å². The number of nitro groups is 1. The molecule has 0 N–H and O–H groups in total. The standard InChI is InChI=1S/C12H9ClFN3O3/c1-6-11(13)15-7(2)16-12(6)20-8-3-4-10(17(18)19)9(14)5-8/h3-5H,1-2H3. The molecule has 2 rings (SSSR count). The summed E-state index contributed by atoms with van der Waals surface area (Å²) in [5.41, 5.74) is -0.123. The first-order chi connectivity index (χ1) is 9.38. The molecule has 8 heteroatoms. The maximum Gasteiger partial charge on any atom is 0.305 e. The van der Waals surface area contributed by atoms with Crippen LogP contribution in [0.25, 0.3) is 0 Å². The van der Waals surface area contributed by atoms with E-state index in [9.17, 15) is 14.5 Å². The molecule has 0 atom stereocenters. The number of ether oxygens (including phenoxy) is 1. The zero-order valence-corrected chi connectivity index (χ0v) is 11.3. The number of hydrogen-bond donors (Lipinski definition) is 0. The number of aromatic nitrogens is 2. The predicted molar refractivity (Wildman–Crippen MR) is 69.6 cm³/mol. The fraction of sp³-hybridized carbons (Fsp3) is 0.167. The second kappa shape index (κ2) is 5.38. The van der Waals surface area contributed by atoms with Crippen molar-refractivity contribution in [2.75, 3.05) is 0 Å². The topological polar surface area (TPSA) is 78.2 Å². The molecule has 1 aromatic carbocycles. The lowest BCUT2D eigenvalue weighted by molar-refractivity contribution is -0.387. The van der Waals surface area contributed by atoms with Gasteiger partial charge in [-0.3, -0.25) is 10.1 Å². The van der Waals surface area contributed by atoms with Gasteiger partial charge in [-0.05, 0) is 19.9 Å². The van der Waals surface area contributed by atoms with Gasteiger partial charge in [0.1, 0.15) is 16.7 Å². The molecule has 0 spiro atoms. The largest absolute Gasteiger partial charge is 0.438 e. The number of nitro benzene ring substituents is 1. The Bertz CT molecular complexity index is 694. The third-order valence-electron chi connectivity index (χ3n) is 2.48. The molecule has 0 unspecified atom stereocenters. The Labute approximate surface area is 118 Å². The minimum absolute atomic E-state index is 0.0883. The molecule has 0 aliphatic carbocycles. The summed E-state index contributed by atoms with van der Waals surface area (Å²) in [5.74, 6) is -0.318. The fourth-order valence-electron chi connectivity index (χ4n) is 1.48. The highest BCUT2D eigenvalue weighted by Crippen LogP contribution is 2.29. The normalized spacial score (nSPS) is 10.4. The zero-order valence-electron chi connectivity index (χ0n) is 10.6. The maximum atomic E-state index is 13.5. The first-order valence-corrected chi connectivity index (χ1v) is 5.89. The number of benzene rings is 1. The van der Waals surface area contributed by atoms with E-state index in [-0.39, 0.29) is 16.8 Å². The van der Waals surface area contributed by atoms with Crippen LogP contribution in [0, 0.1) is 29.8 Å². The van der Waals surface area contributed by atoms with Gasteiger partial charge in [-0.15, -0.1) is 0 Å². The van der Waals surface area contributed by atoms with Crippen LogP contribution in [0.2, 0.25) is 5.15 Å². The lowest BCUT2D eigenvalue weighted by atomic mass is 10.3. The van der Waals surface area contributed by atoms with E-state index in [0.717, 1.165) is 12.1 Å². The van der Waals surface area contributed by atoms with Crippen LogP contribution < -0.4 is 4.74 Å². The zero-order chi connectivity index (χ0) is 14.9. The molecule has 6 nitrogen and oxygen atoms in total. The van der Waals surface area contributed by atoms with Crippen LogP contribution in [0.5, 0.6) is 11.6 Å². The van der Waals surface area contributed by atoms with Crippen molar-refractivity contribution in [3.05, 3.63) is 50.7 Å². The summed E-state index contributed by atoms with van der Waals surface area (Å²) in [4.78, 5) is 17.7. The molecule has 0 saturated carbocycles. The second-order valence-corrected chi connectivity index (χ2v) is 4.32.